The molecule has 8 heavy (non-hydrogen) atoms. The minimum atomic E-state index is 0.155. The van der Waals surface area contributed by atoms with Crippen LogP contribution in [0.25, 0.3) is 0 Å². The van der Waals surface area contributed by atoms with Gasteiger partial charge in [-0.25, -0.2) is 0 Å². The molecule has 0 spiro atoms. The van der Waals surface area contributed by atoms with Crippen LogP contribution in [0.1, 0.15) is 13.3 Å². The summed E-state index contributed by atoms with van der Waals surface area (Å²) >= 11 is 5.56. The molecule has 0 saturated heterocycles. The Morgan fingerprint density at radius 2 is 2.50 bits per heavy atom. The van der Waals surface area contributed by atoms with Gasteiger partial charge in [-0.3, -0.25) is 4.79 Å². The summed E-state index contributed by atoms with van der Waals surface area (Å²) in [7, 11) is 0. The smallest absolute Gasteiger partial charge is 0.207 e. The fourth-order valence-corrected chi connectivity index (χ4v) is 0.450. The predicted molar refractivity (Wildman–Crippen MR) is 34.0 cm³/mol. The van der Waals surface area contributed by atoms with Crippen molar-refractivity contribution in [3.05, 3.63) is 0 Å². The maximum Gasteiger partial charge on any atom is 0.207 e. The Morgan fingerprint density at radius 1 is 1.88 bits per heavy atom. The summed E-state index contributed by atoms with van der Waals surface area (Å²) in [5.41, 5.74) is 0. The lowest BCUT2D eigenvalue weighted by Crippen LogP contribution is -2.14. The summed E-state index contributed by atoms with van der Waals surface area (Å²) in [4.78, 5) is 9.63. The molecule has 48 valence electrons. The average Bonchev–Trinajstić information content (AvgIpc) is 1.66. The van der Waals surface area contributed by atoms with E-state index in [0.29, 0.717) is 13.0 Å². The van der Waals surface area contributed by atoms with Crippen molar-refractivity contribution >= 4 is 18.0 Å². The van der Waals surface area contributed by atoms with Gasteiger partial charge in [0.15, 0.2) is 0 Å². The van der Waals surface area contributed by atoms with Gasteiger partial charge in [-0.05, 0) is 13.3 Å². The Kier molecular flexibility index (Phi) is 4.76. The summed E-state index contributed by atoms with van der Waals surface area (Å²) in [6.07, 6.45) is 1.51. The zero-order valence-corrected chi connectivity index (χ0v) is 5.61. The lowest BCUT2D eigenvalue weighted by Gasteiger charge is -1.98. The van der Waals surface area contributed by atoms with E-state index in [1.807, 2.05) is 6.92 Å². The topological polar surface area (TPSA) is 29.1 Å². The molecule has 0 aliphatic carbocycles. The predicted octanol–water partition coefficient (Wildman–Crippen LogP) is 0.750. The van der Waals surface area contributed by atoms with Crippen LogP contribution in [0.5, 0.6) is 0 Å². The summed E-state index contributed by atoms with van der Waals surface area (Å²) in [6.45, 7) is 2.57. The summed E-state index contributed by atoms with van der Waals surface area (Å²) < 4.78 is 0. The maximum atomic E-state index is 9.63. The van der Waals surface area contributed by atoms with Crippen LogP contribution < -0.4 is 5.32 Å². The number of carbonyl (C=O) groups is 1. The zero-order chi connectivity index (χ0) is 6.41. The normalized spacial score (nSPS) is 12.8. The van der Waals surface area contributed by atoms with Gasteiger partial charge in [0, 0.05) is 11.9 Å². The summed E-state index contributed by atoms with van der Waals surface area (Å²) in [5.74, 6) is 0. The molecular weight excluding hydrogens is 126 g/mol. The van der Waals surface area contributed by atoms with Crippen LogP contribution in [0.15, 0.2) is 0 Å². The van der Waals surface area contributed by atoms with Crippen LogP contribution >= 0.6 is 11.6 Å². The van der Waals surface area contributed by atoms with Crippen LogP contribution in [-0.4, -0.2) is 18.3 Å². The second-order valence-electron chi connectivity index (χ2n) is 1.64. The van der Waals surface area contributed by atoms with E-state index in [1.165, 1.54) is 0 Å². The third-order valence-electron chi connectivity index (χ3n) is 0.770. The molecule has 0 aromatic rings. The molecule has 0 aliphatic rings. The highest BCUT2D eigenvalue weighted by molar-refractivity contribution is 6.20. The van der Waals surface area contributed by atoms with Gasteiger partial charge in [0.25, 0.3) is 0 Å². The number of halogens is 1. The van der Waals surface area contributed by atoms with E-state index in [-0.39, 0.29) is 5.38 Å². The molecule has 0 aromatic carbocycles. The SMILES string of the molecule is CC(Cl)CCNC=O. The molecule has 1 unspecified atom stereocenters. The molecule has 1 amide bonds. The standard InChI is InChI=1S/C5H10ClNO/c1-5(6)2-3-7-4-8/h4-5H,2-3H2,1H3,(H,7,8). The number of rotatable bonds is 4. The molecule has 1 atom stereocenters. The molecule has 0 fully saturated rings. The minimum Gasteiger partial charge on any atom is -0.359 e. The van der Waals surface area contributed by atoms with Crippen molar-refractivity contribution in [2.24, 2.45) is 0 Å². The highest BCUT2D eigenvalue weighted by Crippen LogP contribution is 1.96. The lowest BCUT2D eigenvalue weighted by atomic mass is 10.3. The first-order valence-corrected chi connectivity index (χ1v) is 3.02. The van der Waals surface area contributed by atoms with Gasteiger partial charge in [-0.15, -0.1) is 11.6 Å². The Hall–Kier alpha value is -0.240. The Morgan fingerprint density at radius 3 is 2.88 bits per heavy atom. The fourth-order valence-electron chi connectivity index (χ4n) is 0.341. The van der Waals surface area contributed by atoms with Crippen LogP contribution in [0.3, 0.4) is 0 Å². The highest BCUT2D eigenvalue weighted by Gasteiger charge is 1.91. The number of alkyl halides is 1. The van der Waals surface area contributed by atoms with Crippen LogP contribution in [0, 0.1) is 0 Å². The second-order valence-corrected chi connectivity index (χ2v) is 2.39. The van der Waals surface area contributed by atoms with E-state index in [1.54, 1.807) is 0 Å². The van der Waals surface area contributed by atoms with Crippen molar-refractivity contribution in [2.45, 2.75) is 18.7 Å². The van der Waals surface area contributed by atoms with Crippen LogP contribution in [0.4, 0.5) is 0 Å². The molecule has 3 heteroatoms. The Labute approximate surface area is 54.2 Å². The maximum absolute atomic E-state index is 9.63. The van der Waals surface area contributed by atoms with Crippen molar-refractivity contribution in [1.29, 1.82) is 0 Å². The van der Waals surface area contributed by atoms with Crippen molar-refractivity contribution in [1.82, 2.24) is 5.32 Å². The average molecular weight is 136 g/mol. The molecule has 1 N–H and O–H groups in total. The molecule has 0 heterocycles. The van der Waals surface area contributed by atoms with Crippen molar-refractivity contribution in [3.8, 4) is 0 Å². The Balaban J connectivity index is 2.81. The molecular formula is C5H10ClNO. The highest BCUT2D eigenvalue weighted by atomic mass is 35.5. The van der Waals surface area contributed by atoms with E-state index in [2.05, 4.69) is 5.32 Å². The van der Waals surface area contributed by atoms with Gasteiger partial charge < -0.3 is 5.32 Å². The number of amides is 1. The molecule has 0 aliphatic heterocycles. The van der Waals surface area contributed by atoms with E-state index < -0.39 is 0 Å². The molecule has 0 rings (SSSR count). The number of hydrogen-bond acceptors (Lipinski definition) is 1. The first kappa shape index (κ1) is 7.76. The number of nitrogens with one attached hydrogen (secondary N) is 1. The van der Waals surface area contributed by atoms with Gasteiger partial charge in [0.2, 0.25) is 6.41 Å². The van der Waals surface area contributed by atoms with Gasteiger partial charge >= 0.3 is 0 Å². The zero-order valence-electron chi connectivity index (χ0n) is 4.86. The van der Waals surface area contributed by atoms with Crippen molar-refractivity contribution < 1.29 is 4.79 Å². The molecule has 0 bridgehead atoms. The third kappa shape index (κ3) is 5.76. The van der Waals surface area contributed by atoms with Crippen LogP contribution in [0.2, 0.25) is 0 Å². The van der Waals surface area contributed by atoms with Gasteiger partial charge in [-0.2, -0.15) is 0 Å². The van der Waals surface area contributed by atoms with Crippen molar-refractivity contribution in [2.75, 3.05) is 6.54 Å². The molecule has 0 saturated carbocycles. The molecule has 0 radical (unpaired) electrons. The van der Waals surface area contributed by atoms with Crippen molar-refractivity contribution in [3.63, 3.8) is 0 Å². The largest absolute Gasteiger partial charge is 0.359 e. The van der Waals surface area contributed by atoms with E-state index in [9.17, 15) is 4.79 Å². The summed E-state index contributed by atoms with van der Waals surface area (Å²) in [5, 5.41) is 2.67. The lowest BCUT2D eigenvalue weighted by molar-refractivity contribution is -0.109. The number of carbonyl (C=O) groups excluding carboxylic acids is 1. The third-order valence-corrected chi connectivity index (χ3v) is 0.988. The second kappa shape index (κ2) is 4.91. The first-order chi connectivity index (χ1) is 3.77. The van der Waals surface area contributed by atoms with Gasteiger partial charge in [-0.1, -0.05) is 0 Å². The monoisotopic (exact) mass is 135 g/mol. The van der Waals surface area contributed by atoms with Gasteiger partial charge in [0.1, 0.15) is 0 Å². The van der Waals surface area contributed by atoms with E-state index in [0.717, 1.165) is 6.42 Å². The van der Waals surface area contributed by atoms with Crippen LogP contribution in [-0.2, 0) is 4.79 Å². The first-order valence-electron chi connectivity index (χ1n) is 2.58. The summed E-state index contributed by atoms with van der Waals surface area (Å²) in [6, 6.07) is 0. The quantitative estimate of drug-likeness (QED) is 0.344. The Bertz CT molecular complexity index is 65.4. The molecule has 0 aromatic heterocycles. The van der Waals surface area contributed by atoms with E-state index in [4.69, 9.17) is 11.6 Å². The van der Waals surface area contributed by atoms with E-state index >= 15 is 0 Å². The minimum absolute atomic E-state index is 0.155. The number of hydrogen-bond donors (Lipinski definition) is 1. The molecule has 2 nitrogen and oxygen atoms in total. The van der Waals surface area contributed by atoms with Gasteiger partial charge in [0.05, 0.1) is 0 Å². The fraction of sp³-hybridized carbons (Fsp3) is 0.800.